The highest BCUT2D eigenvalue weighted by atomic mass is 16.2. The van der Waals surface area contributed by atoms with Crippen molar-refractivity contribution in [3.05, 3.63) is 12.3 Å². The van der Waals surface area contributed by atoms with Crippen molar-refractivity contribution in [2.75, 3.05) is 7.05 Å². The summed E-state index contributed by atoms with van der Waals surface area (Å²) in [5.41, 5.74) is 0. The number of hydrogen-bond acceptors (Lipinski definition) is 2. The van der Waals surface area contributed by atoms with Gasteiger partial charge in [-0.25, -0.2) is 0 Å². The predicted molar refractivity (Wildman–Crippen MR) is 41.0 cm³/mol. The zero-order valence-electron chi connectivity index (χ0n) is 6.33. The van der Waals surface area contributed by atoms with E-state index in [2.05, 4.69) is 0 Å². The van der Waals surface area contributed by atoms with E-state index in [1.807, 2.05) is 33.2 Å². The fourth-order valence-corrected chi connectivity index (χ4v) is 0.622. The third-order valence-corrected chi connectivity index (χ3v) is 1.22. The molecule has 2 nitrogen and oxygen atoms in total. The maximum absolute atomic E-state index is 9.13. The minimum absolute atomic E-state index is 0.332. The van der Waals surface area contributed by atoms with Gasteiger partial charge in [-0.3, -0.25) is 0 Å². The smallest absolute Gasteiger partial charge is 0.411 e. The van der Waals surface area contributed by atoms with Gasteiger partial charge in [-0.1, -0.05) is 13.0 Å². The van der Waals surface area contributed by atoms with Crippen LogP contribution in [0.2, 0.25) is 6.32 Å². The van der Waals surface area contributed by atoms with Crippen LogP contribution in [0.3, 0.4) is 0 Å². The van der Waals surface area contributed by atoms with Gasteiger partial charge in [0, 0.05) is 0 Å². The molecule has 0 aliphatic rings. The maximum Gasteiger partial charge on any atom is 0.411 e. The molecule has 0 saturated carbocycles. The van der Waals surface area contributed by atoms with E-state index in [9.17, 15) is 0 Å². The molecule has 0 aliphatic heterocycles. The minimum atomic E-state index is -0.332. The Labute approximate surface area is 57.3 Å². The molecule has 0 spiro atoms. The molecule has 0 heterocycles. The van der Waals surface area contributed by atoms with Crippen molar-refractivity contribution >= 4 is 7.05 Å². The van der Waals surface area contributed by atoms with Crippen LogP contribution >= 0.6 is 0 Å². The summed E-state index contributed by atoms with van der Waals surface area (Å²) in [5.74, 6) is 0. The van der Waals surface area contributed by atoms with Crippen molar-refractivity contribution < 1.29 is 5.02 Å². The molecular weight excluding hydrogens is 113 g/mol. The Bertz CT molecular complexity index is 95.1. The Hall–Kier alpha value is -0.435. The third kappa shape index (κ3) is 3.19. The first-order valence-corrected chi connectivity index (χ1v) is 3.25. The Morgan fingerprint density at radius 3 is 2.56 bits per heavy atom. The molecule has 9 heavy (non-hydrogen) atoms. The molecule has 0 aromatic heterocycles. The Morgan fingerprint density at radius 2 is 2.22 bits per heavy atom. The zero-order chi connectivity index (χ0) is 7.28. The van der Waals surface area contributed by atoms with Gasteiger partial charge >= 0.3 is 7.05 Å². The zero-order valence-corrected chi connectivity index (χ0v) is 6.33. The van der Waals surface area contributed by atoms with Crippen molar-refractivity contribution in [2.24, 2.45) is 0 Å². The lowest BCUT2D eigenvalue weighted by atomic mass is 9.78. The van der Waals surface area contributed by atoms with Gasteiger partial charge in [0.2, 0.25) is 0 Å². The molecule has 0 aliphatic carbocycles. The van der Waals surface area contributed by atoms with Gasteiger partial charge in [-0.2, -0.15) is 0 Å². The molecule has 0 saturated heterocycles. The lowest BCUT2D eigenvalue weighted by Gasteiger charge is -2.15. The van der Waals surface area contributed by atoms with Crippen LogP contribution in [0.25, 0.3) is 0 Å². The summed E-state index contributed by atoms with van der Waals surface area (Å²) in [4.78, 5) is 1.78. The van der Waals surface area contributed by atoms with Crippen molar-refractivity contribution in [2.45, 2.75) is 20.2 Å². The van der Waals surface area contributed by atoms with E-state index in [0.717, 1.165) is 6.32 Å². The van der Waals surface area contributed by atoms with E-state index in [-0.39, 0.29) is 7.05 Å². The fraction of sp³-hybridized carbons (Fsp3) is 0.667. The lowest BCUT2D eigenvalue weighted by molar-refractivity contribution is 0.482. The lowest BCUT2D eigenvalue weighted by Crippen LogP contribution is -2.30. The molecule has 0 fully saturated rings. The summed E-state index contributed by atoms with van der Waals surface area (Å²) >= 11 is 0. The molecule has 0 atom stereocenters. The van der Waals surface area contributed by atoms with Gasteiger partial charge < -0.3 is 9.83 Å². The second kappa shape index (κ2) is 4.44. The highest BCUT2D eigenvalue weighted by Gasteiger charge is 2.10. The van der Waals surface area contributed by atoms with Crippen LogP contribution in [0.1, 0.15) is 13.8 Å². The minimum Gasteiger partial charge on any atom is -0.432 e. The Kier molecular flexibility index (Phi) is 4.23. The first-order valence-electron chi connectivity index (χ1n) is 3.25. The molecule has 0 aromatic rings. The van der Waals surface area contributed by atoms with E-state index in [0.29, 0.717) is 0 Å². The standard InChI is InChI=1S/C6H14BNO/c1-4-6-8(3)7(9)5-2/h4,6,9H,5H2,1-3H3/b6-4-. The van der Waals surface area contributed by atoms with Crippen LogP contribution in [-0.2, 0) is 0 Å². The summed E-state index contributed by atoms with van der Waals surface area (Å²) in [6.45, 7) is 3.88. The summed E-state index contributed by atoms with van der Waals surface area (Å²) in [6, 6.07) is 0. The Balaban J connectivity index is 3.58. The summed E-state index contributed by atoms with van der Waals surface area (Å²) in [5, 5.41) is 9.13. The molecule has 3 heteroatoms. The van der Waals surface area contributed by atoms with Gasteiger partial charge in [0.15, 0.2) is 0 Å². The van der Waals surface area contributed by atoms with Crippen LogP contribution in [0.5, 0.6) is 0 Å². The normalized spacial score (nSPS) is 10.2. The van der Waals surface area contributed by atoms with Gasteiger partial charge in [-0.15, -0.1) is 0 Å². The van der Waals surface area contributed by atoms with Gasteiger partial charge in [0.25, 0.3) is 0 Å². The largest absolute Gasteiger partial charge is 0.432 e. The third-order valence-electron chi connectivity index (χ3n) is 1.22. The second-order valence-electron chi connectivity index (χ2n) is 2.04. The SMILES string of the molecule is C/C=C\N(C)B(O)CC. The molecule has 0 bridgehead atoms. The molecular formula is C6H14BNO. The van der Waals surface area contributed by atoms with Crippen molar-refractivity contribution in [3.63, 3.8) is 0 Å². The van der Waals surface area contributed by atoms with E-state index in [1.165, 1.54) is 0 Å². The monoisotopic (exact) mass is 127 g/mol. The molecule has 52 valence electrons. The van der Waals surface area contributed by atoms with Crippen molar-refractivity contribution in [1.82, 2.24) is 4.81 Å². The first kappa shape index (κ1) is 8.56. The second-order valence-corrected chi connectivity index (χ2v) is 2.04. The van der Waals surface area contributed by atoms with Gasteiger partial charge in [0.05, 0.1) is 0 Å². The summed E-state index contributed by atoms with van der Waals surface area (Å²) < 4.78 is 0. The highest BCUT2D eigenvalue weighted by Crippen LogP contribution is 1.93. The van der Waals surface area contributed by atoms with Crippen LogP contribution < -0.4 is 0 Å². The van der Waals surface area contributed by atoms with E-state index >= 15 is 0 Å². The van der Waals surface area contributed by atoms with Gasteiger partial charge in [-0.05, 0) is 26.5 Å². The topological polar surface area (TPSA) is 23.5 Å². The van der Waals surface area contributed by atoms with E-state index < -0.39 is 0 Å². The molecule has 0 unspecified atom stereocenters. The highest BCUT2D eigenvalue weighted by molar-refractivity contribution is 6.47. The number of rotatable bonds is 3. The van der Waals surface area contributed by atoms with Crippen molar-refractivity contribution in [1.29, 1.82) is 0 Å². The van der Waals surface area contributed by atoms with E-state index in [4.69, 9.17) is 5.02 Å². The molecule has 0 rings (SSSR count). The van der Waals surface area contributed by atoms with Crippen LogP contribution in [0.15, 0.2) is 12.3 Å². The van der Waals surface area contributed by atoms with Crippen molar-refractivity contribution in [3.8, 4) is 0 Å². The van der Waals surface area contributed by atoms with Crippen LogP contribution in [0.4, 0.5) is 0 Å². The predicted octanol–water partition coefficient (Wildman–Crippen LogP) is 0.952. The van der Waals surface area contributed by atoms with Crippen LogP contribution in [0, 0.1) is 0 Å². The average Bonchev–Trinajstić information content (AvgIpc) is 1.87. The van der Waals surface area contributed by atoms with E-state index in [1.54, 1.807) is 4.81 Å². The summed E-state index contributed by atoms with van der Waals surface area (Å²) in [7, 11) is 1.52. The number of hydrogen-bond donors (Lipinski definition) is 1. The number of nitrogens with zero attached hydrogens (tertiary/aromatic N) is 1. The molecule has 0 radical (unpaired) electrons. The average molecular weight is 127 g/mol. The number of allylic oxidation sites excluding steroid dienone is 1. The quantitative estimate of drug-likeness (QED) is 0.570. The summed E-state index contributed by atoms with van der Waals surface area (Å²) in [6.07, 6.45) is 4.52. The maximum atomic E-state index is 9.13. The molecule has 0 amide bonds. The molecule has 1 N–H and O–H groups in total. The molecule has 0 aromatic carbocycles. The Morgan fingerprint density at radius 1 is 1.67 bits per heavy atom. The van der Waals surface area contributed by atoms with Crippen LogP contribution in [-0.4, -0.2) is 23.9 Å². The van der Waals surface area contributed by atoms with Gasteiger partial charge in [0.1, 0.15) is 0 Å². The first-order chi connectivity index (χ1) is 4.22. The fourth-order valence-electron chi connectivity index (χ4n) is 0.622.